The van der Waals surface area contributed by atoms with Crippen molar-refractivity contribution in [1.29, 1.82) is 0 Å². The lowest BCUT2D eigenvalue weighted by Gasteiger charge is -2.28. The molecule has 0 saturated heterocycles. The number of phosphoric acid groups is 1. The zero-order chi connectivity index (χ0) is 40.9. The number of ether oxygens (including phenoxy) is 2. The number of hydrogen-bond donors (Lipinski definition) is 1. The van der Waals surface area contributed by atoms with Crippen LogP contribution in [0, 0.1) is 0 Å². The maximum atomic E-state index is 12.7. The molecule has 11 heteroatoms. The molecule has 0 amide bonds. The van der Waals surface area contributed by atoms with Crippen molar-refractivity contribution in [2.24, 2.45) is 0 Å². The maximum Gasteiger partial charge on any atom is 0.306 e. The number of phosphoric ester groups is 1. The average molecular weight is 802 g/mol. The molecule has 0 aliphatic rings. The van der Waals surface area contributed by atoms with Crippen molar-refractivity contribution in [3.05, 3.63) is 24.3 Å². The van der Waals surface area contributed by atoms with Gasteiger partial charge in [-0.05, 0) is 32.1 Å². The summed E-state index contributed by atoms with van der Waals surface area (Å²) in [7, 11) is 1.13. The minimum absolute atomic E-state index is 0.0420. The second-order valence-corrected chi connectivity index (χ2v) is 17.7. The molecule has 3 unspecified atom stereocenters. The first-order valence-electron chi connectivity index (χ1n) is 22.2. The summed E-state index contributed by atoms with van der Waals surface area (Å²) in [6, 6.07) is 0. The molecule has 0 aromatic heterocycles. The van der Waals surface area contributed by atoms with E-state index in [-0.39, 0.29) is 32.2 Å². The molecule has 0 rings (SSSR count). The minimum Gasteiger partial charge on any atom is -0.756 e. The number of likely N-dealkylation sites (N-methyl/N-ethyl adjacent to an activating group) is 1. The van der Waals surface area contributed by atoms with Gasteiger partial charge in [-0.3, -0.25) is 14.2 Å². The number of aliphatic hydroxyl groups is 1. The third-order valence-electron chi connectivity index (χ3n) is 9.58. The van der Waals surface area contributed by atoms with Gasteiger partial charge in [0.15, 0.2) is 6.10 Å². The number of carbonyl (C=O) groups is 2. The predicted molar refractivity (Wildman–Crippen MR) is 224 cm³/mol. The SMILES string of the molecule is CCCCCCCCCCCCCCCCCC(=O)OCC(COP(=O)([O-])OCC[N+](C)(C)C)OC(=O)CCCCCCC/C=C\C=C\C(O)CCCCC. The fraction of sp³-hybridized carbons (Fsp3) is 0.864. The first-order chi connectivity index (χ1) is 26.4. The van der Waals surface area contributed by atoms with Crippen LogP contribution in [-0.2, 0) is 32.7 Å². The lowest BCUT2D eigenvalue weighted by molar-refractivity contribution is -0.870. The van der Waals surface area contributed by atoms with Crippen LogP contribution in [0.25, 0.3) is 0 Å². The van der Waals surface area contributed by atoms with Crippen molar-refractivity contribution in [1.82, 2.24) is 0 Å². The predicted octanol–water partition coefficient (Wildman–Crippen LogP) is 10.7. The van der Waals surface area contributed by atoms with Gasteiger partial charge in [0.2, 0.25) is 0 Å². The Bertz CT molecular complexity index is 1010. The summed E-state index contributed by atoms with van der Waals surface area (Å²) in [6.07, 6.45) is 35.2. The van der Waals surface area contributed by atoms with E-state index >= 15 is 0 Å². The average Bonchev–Trinajstić information content (AvgIpc) is 3.12. The number of hydrogen-bond acceptors (Lipinski definition) is 9. The zero-order valence-electron chi connectivity index (χ0n) is 36.0. The Hall–Kier alpha value is -1.55. The van der Waals surface area contributed by atoms with Gasteiger partial charge in [-0.1, -0.05) is 167 Å². The summed E-state index contributed by atoms with van der Waals surface area (Å²) in [6.45, 7) is 4.07. The first kappa shape index (κ1) is 53.5. The molecule has 0 heterocycles. The molecule has 0 aliphatic carbocycles. The Morgan fingerprint density at radius 1 is 0.655 bits per heavy atom. The number of quaternary nitrogens is 1. The number of carbonyl (C=O) groups excluding carboxylic acids is 2. The third kappa shape index (κ3) is 40.4. The number of rotatable bonds is 40. The highest BCUT2D eigenvalue weighted by Gasteiger charge is 2.21. The summed E-state index contributed by atoms with van der Waals surface area (Å²) in [5.41, 5.74) is 0. The molecule has 55 heavy (non-hydrogen) atoms. The van der Waals surface area contributed by atoms with Crippen molar-refractivity contribution in [3.63, 3.8) is 0 Å². The fourth-order valence-electron chi connectivity index (χ4n) is 6.03. The van der Waals surface area contributed by atoms with E-state index in [0.29, 0.717) is 17.4 Å². The Labute approximate surface area is 337 Å². The first-order valence-corrected chi connectivity index (χ1v) is 23.6. The van der Waals surface area contributed by atoms with Crippen molar-refractivity contribution in [2.75, 3.05) is 47.5 Å². The fourth-order valence-corrected chi connectivity index (χ4v) is 6.76. The van der Waals surface area contributed by atoms with E-state index < -0.39 is 32.5 Å². The maximum absolute atomic E-state index is 12.7. The Kier molecular flexibility index (Phi) is 35.7. The van der Waals surface area contributed by atoms with Crippen LogP contribution in [0.3, 0.4) is 0 Å². The highest BCUT2D eigenvalue weighted by atomic mass is 31.2. The molecule has 0 aromatic rings. The lowest BCUT2D eigenvalue weighted by atomic mass is 10.0. The van der Waals surface area contributed by atoms with Gasteiger partial charge in [-0.2, -0.15) is 0 Å². The molecular weight excluding hydrogens is 717 g/mol. The molecule has 0 aromatic carbocycles. The zero-order valence-corrected chi connectivity index (χ0v) is 36.9. The monoisotopic (exact) mass is 802 g/mol. The number of unbranched alkanes of at least 4 members (excludes halogenated alkanes) is 21. The number of nitrogens with zero attached hydrogens (tertiary/aromatic N) is 1. The summed E-state index contributed by atoms with van der Waals surface area (Å²) in [4.78, 5) is 37.5. The van der Waals surface area contributed by atoms with E-state index in [2.05, 4.69) is 19.9 Å². The number of esters is 2. The van der Waals surface area contributed by atoms with E-state index in [1.165, 1.54) is 77.0 Å². The molecule has 10 nitrogen and oxygen atoms in total. The Morgan fingerprint density at radius 2 is 1.15 bits per heavy atom. The summed E-state index contributed by atoms with van der Waals surface area (Å²) >= 11 is 0. The molecule has 0 fully saturated rings. The molecule has 1 N–H and O–H groups in total. The standard InChI is InChI=1S/C44H84NO9P/c1-6-8-10-11-12-13-14-15-16-17-18-21-24-27-31-35-43(47)51-39-42(40-53-55(49,50)52-38-37-45(3,4)5)54-44(48)36-32-28-25-22-19-20-23-26-30-34-41(46)33-29-9-7-2/h23,26,30,34,41-42,46H,6-22,24-25,27-29,31-33,35-40H2,1-5H3/b26-23-,34-30+. The van der Waals surface area contributed by atoms with Gasteiger partial charge in [0.05, 0.1) is 33.9 Å². The molecular formula is C44H84NO9P. The second kappa shape index (κ2) is 36.8. The van der Waals surface area contributed by atoms with E-state index in [1.807, 2.05) is 39.4 Å². The molecule has 0 saturated carbocycles. The molecule has 0 spiro atoms. The normalized spacial score (nSPS) is 14.4. The third-order valence-corrected chi connectivity index (χ3v) is 10.5. The molecule has 324 valence electrons. The Balaban J connectivity index is 4.41. The van der Waals surface area contributed by atoms with Crippen LogP contribution in [-0.4, -0.2) is 81.2 Å². The van der Waals surface area contributed by atoms with E-state index in [4.69, 9.17) is 18.5 Å². The van der Waals surface area contributed by atoms with Crippen molar-refractivity contribution in [3.8, 4) is 0 Å². The topological polar surface area (TPSA) is 131 Å². The largest absolute Gasteiger partial charge is 0.756 e. The van der Waals surface area contributed by atoms with Crippen molar-refractivity contribution < 1.29 is 47.2 Å². The van der Waals surface area contributed by atoms with Crippen LogP contribution >= 0.6 is 7.82 Å². The minimum atomic E-state index is -4.64. The number of allylic oxidation sites excluding steroid dienone is 3. The van der Waals surface area contributed by atoms with E-state index in [0.717, 1.165) is 77.0 Å². The van der Waals surface area contributed by atoms with E-state index in [9.17, 15) is 24.2 Å². The molecule has 0 aliphatic heterocycles. The van der Waals surface area contributed by atoms with Crippen molar-refractivity contribution in [2.45, 2.75) is 199 Å². The van der Waals surface area contributed by atoms with Crippen LogP contribution < -0.4 is 4.89 Å². The van der Waals surface area contributed by atoms with Gasteiger partial charge in [-0.15, -0.1) is 0 Å². The van der Waals surface area contributed by atoms with Crippen LogP contribution in [0.5, 0.6) is 0 Å². The molecule has 3 atom stereocenters. The van der Waals surface area contributed by atoms with Crippen molar-refractivity contribution >= 4 is 19.8 Å². The van der Waals surface area contributed by atoms with Crippen LogP contribution in [0.1, 0.15) is 187 Å². The summed E-state index contributed by atoms with van der Waals surface area (Å²) in [5, 5.41) is 9.93. The number of aliphatic hydroxyl groups excluding tert-OH is 1. The van der Waals surface area contributed by atoms with E-state index in [1.54, 1.807) is 0 Å². The summed E-state index contributed by atoms with van der Waals surface area (Å²) in [5.74, 6) is -0.878. The van der Waals surface area contributed by atoms with Gasteiger partial charge >= 0.3 is 11.9 Å². The van der Waals surface area contributed by atoms with Gasteiger partial charge in [0.1, 0.15) is 19.8 Å². The Morgan fingerprint density at radius 3 is 1.69 bits per heavy atom. The molecule has 0 radical (unpaired) electrons. The smallest absolute Gasteiger partial charge is 0.306 e. The van der Waals surface area contributed by atoms with Gasteiger partial charge in [-0.25, -0.2) is 0 Å². The lowest BCUT2D eigenvalue weighted by Crippen LogP contribution is -2.37. The van der Waals surface area contributed by atoms with Crippen LogP contribution in [0.2, 0.25) is 0 Å². The van der Waals surface area contributed by atoms with Gasteiger partial charge in [0, 0.05) is 12.8 Å². The highest BCUT2D eigenvalue weighted by molar-refractivity contribution is 7.45. The second-order valence-electron chi connectivity index (χ2n) is 16.3. The van der Waals surface area contributed by atoms with Crippen LogP contribution in [0.4, 0.5) is 0 Å². The highest BCUT2D eigenvalue weighted by Crippen LogP contribution is 2.38. The quantitative estimate of drug-likeness (QED) is 0.0211. The molecule has 0 bridgehead atoms. The van der Waals surface area contributed by atoms with Gasteiger partial charge in [0.25, 0.3) is 7.82 Å². The van der Waals surface area contributed by atoms with Crippen LogP contribution in [0.15, 0.2) is 24.3 Å². The summed E-state index contributed by atoms with van der Waals surface area (Å²) < 4.78 is 33.8. The van der Waals surface area contributed by atoms with Gasteiger partial charge < -0.3 is 33.0 Å².